The van der Waals surface area contributed by atoms with Gasteiger partial charge in [0.1, 0.15) is 17.1 Å². The zero-order valence-electron chi connectivity index (χ0n) is 21.4. The molecule has 2 amide bonds. The lowest BCUT2D eigenvalue weighted by molar-refractivity contribution is -0.143. The van der Waals surface area contributed by atoms with Crippen LogP contribution in [0.15, 0.2) is 66.7 Å². The normalized spacial score (nSPS) is 18.5. The molecule has 214 valence electrons. The standard InChI is InChI=1S/C28H25F7N2O3/c1-17(19-11-21(27(30,31)32)13-22(12-19)28(33,34)35)40-16-26(20-5-7-23(29)8-6-20)15-37(25(38)36-26)14-18-3-9-24(39-2)10-4-18/h3-13,17H,14-16H2,1-2H3,(H,36,38)/t17-,26-/m1/s1. The lowest BCUT2D eigenvalue weighted by Crippen LogP contribution is -2.45. The van der Waals surface area contributed by atoms with E-state index in [1.165, 1.54) is 43.2 Å². The number of amides is 2. The second kappa shape index (κ2) is 11.0. The fraction of sp³-hybridized carbons (Fsp3) is 0.321. The Morgan fingerprint density at radius 2 is 1.50 bits per heavy atom. The number of benzene rings is 3. The van der Waals surface area contributed by atoms with E-state index in [1.807, 2.05) is 0 Å². The quantitative estimate of drug-likeness (QED) is 0.295. The van der Waals surface area contributed by atoms with Crippen molar-refractivity contribution in [1.29, 1.82) is 0 Å². The third kappa shape index (κ3) is 6.49. The number of carbonyl (C=O) groups excluding carboxylic acids is 1. The number of urea groups is 1. The van der Waals surface area contributed by atoms with E-state index < -0.39 is 47.0 Å². The molecule has 1 aliphatic rings. The van der Waals surface area contributed by atoms with Crippen molar-refractivity contribution in [2.75, 3.05) is 20.3 Å². The summed E-state index contributed by atoms with van der Waals surface area (Å²) in [5.74, 6) is 0.0946. The molecule has 1 N–H and O–H groups in total. The molecule has 5 nitrogen and oxygen atoms in total. The lowest BCUT2D eigenvalue weighted by atomic mass is 9.91. The number of ether oxygens (including phenoxy) is 2. The van der Waals surface area contributed by atoms with Gasteiger partial charge in [-0.05, 0) is 66.1 Å². The molecule has 3 aromatic carbocycles. The summed E-state index contributed by atoms with van der Waals surface area (Å²) < 4.78 is 105. The Balaban J connectivity index is 1.61. The van der Waals surface area contributed by atoms with Gasteiger partial charge in [-0.1, -0.05) is 24.3 Å². The molecule has 0 unspecified atom stereocenters. The zero-order valence-corrected chi connectivity index (χ0v) is 21.4. The van der Waals surface area contributed by atoms with Crippen molar-refractivity contribution in [3.8, 4) is 5.75 Å². The van der Waals surface area contributed by atoms with Crippen LogP contribution in [0.1, 0.15) is 40.8 Å². The highest BCUT2D eigenvalue weighted by Crippen LogP contribution is 2.39. The fourth-order valence-corrected chi connectivity index (χ4v) is 4.47. The van der Waals surface area contributed by atoms with Crippen LogP contribution in [-0.2, 0) is 29.2 Å². The van der Waals surface area contributed by atoms with E-state index in [2.05, 4.69) is 5.32 Å². The van der Waals surface area contributed by atoms with Gasteiger partial charge in [0.2, 0.25) is 0 Å². The van der Waals surface area contributed by atoms with E-state index in [1.54, 1.807) is 24.3 Å². The van der Waals surface area contributed by atoms with E-state index in [0.717, 1.165) is 5.56 Å². The Morgan fingerprint density at radius 1 is 0.925 bits per heavy atom. The molecule has 1 heterocycles. The molecule has 12 heteroatoms. The lowest BCUT2D eigenvalue weighted by Gasteiger charge is -2.31. The molecule has 0 spiro atoms. The van der Waals surface area contributed by atoms with Gasteiger partial charge in [0.05, 0.1) is 37.5 Å². The van der Waals surface area contributed by atoms with Crippen LogP contribution in [0.3, 0.4) is 0 Å². The molecule has 40 heavy (non-hydrogen) atoms. The Kier molecular flexibility index (Phi) is 8.02. The number of hydrogen-bond acceptors (Lipinski definition) is 3. The van der Waals surface area contributed by atoms with Gasteiger partial charge >= 0.3 is 18.4 Å². The van der Waals surface area contributed by atoms with Crippen molar-refractivity contribution in [3.63, 3.8) is 0 Å². The highest BCUT2D eigenvalue weighted by Gasteiger charge is 2.45. The van der Waals surface area contributed by atoms with Crippen LogP contribution in [0.2, 0.25) is 0 Å². The van der Waals surface area contributed by atoms with E-state index in [0.29, 0.717) is 23.4 Å². The monoisotopic (exact) mass is 570 g/mol. The van der Waals surface area contributed by atoms with Crippen molar-refractivity contribution in [3.05, 3.63) is 100 Å². The molecule has 0 saturated carbocycles. The van der Waals surface area contributed by atoms with Crippen LogP contribution in [0, 0.1) is 5.82 Å². The van der Waals surface area contributed by atoms with Crippen LogP contribution < -0.4 is 10.1 Å². The summed E-state index contributed by atoms with van der Waals surface area (Å²) in [6, 6.07) is 13.0. The molecule has 0 aliphatic carbocycles. The van der Waals surface area contributed by atoms with Crippen molar-refractivity contribution < 1.29 is 45.0 Å². The molecule has 1 aliphatic heterocycles. The van der Waals surface area contributed by atoms with Gasteiger partial charge in [-0.25, -0.2) is 9.18 Å². The minimum Gasteiger partial charge on any atom is -0.497 e. The predicted molar refractivity (Wildman–Crippen MR) is 131 cm³/mol. The van der Waals surface area contributed by atoms with Gasteiger partial charge in [-0.2, -0.15) is 26.3 Å². The maximum Gasteiger partial charge on any atom is 0.416 e. The highest BCUT2D eigenvalue weighted by atomic mass is 19.4. The molecule has 3 aromatic rings. The maximum atomic E-state index is 13.7. The predicted octanol–water partition coefficient (Wildman–Crippen LogP) is 7.07. The van der Waals surface area contributed by atoms with Gasteiger partial charge in [0, 0.05) is 6.54 Å². The Labute approximate surface area is 225 Å². The Morgan fingerprint density at radius 3 is 2.02 bits per heavy atom. The van der Waals surface area contributed by atoms with E-state index in [-0.39, 0.29) is 31.3 Å². The Hall–Kier alpha value is -3.80. The fourth-order valence-electron chi connectivity index (χ4n) is 4.47. The first-order valence-electron chi connectivity index (χ1n) is 12.1. The second-order valence-corrected chi connectivity index (χ2v) is 9.52. The second-order valence-electron chi connectivity index (χ2n) is 9.52. The van der Waals surface area contributed by atoms with Gasteiger partial charge < -0.3 is 19.7 Å². The summed E-state index contributed by atoms with van der Waals surface area (Å²) in [6.45, 7) is 1.23. The van der Waals surface area contributed by atoms with Crippen molar-refractivity contribution in [2.45, 2.75) is 37.5 Å². The number of nitrogens with zero attached hydrogens (tertiary/aromatic N) is 1. The van der Waals surface area contributed by atoms with Crippen LogP contribution in [0.4, 0.5) is 35.5 Å². The average Bonchev–Trinajstić information content (AvgIpc) is 3.22. The smallest absolute Gasteiger partial charge is 0.416 e. The first kappa shape index (κ1) is 29.2. The molecule has 2 atom stereocenters. The van der Waals surface area contributed by atoms with Crippen LogP contribution in [-0.4, -0.2) is 31.2 Å². The van der Waals surface area contributed by atoms with Gasteiger partial charge in [-0.3, -0.25) is 0 Å². The topological polar surface area (TPSA) is 50.8 Å². The number of halogens is 7. The molecular formula is C28H25F7N2O3. The minimum absolute atomic E-state index is 0.0343. The summed E-state index contributed by atoms with van der Waals surface area (Å²) >= 11 is 0. The molecule has 1 fully saturated rings. The first-order chi connectivity index (χ1) is 18.7. The third-order valence-electron chi connectivity index (χ3n) is 6.68. The number of carbonyl (C=O) groups is 1. The number of methoxy groups -OCH3 is 1. The largest absolute Gasteiger partial charge is 0.497 e. The van der Waals surface area contributed by atoms with Crippen molar-refractivity contribution in [2.24, 2.45) is 0 Å². The summed E-state index contributed by atoms with van der Waals surface area (Å²) in [6.07, 6.45) is -11.2. The van der Waals surface area contributed by atoms with E-state index >= 15 is 0 Å². The highest BCUT2D eigenvalue weighted by molar-refractivity contribution is 5.78. The summed E-state index contributed by atoms with van der Waals surface area (Å²) in [4.78, 5) is 14.5. The molecule has 1 saturated heterocycles. The minimum atomic E-state index is -5.01. The van der Waals surface area contributed by atoms with Gasteiger partial charge in [-0.15, -0.1) is 0 Å². The number of nitrogens with one attached hydrogen (secondary N) is 1. The maximum absolute atomic E-state index is 13.7. The van der Waals surface area contributed by atoms with Crippen LogP contribution >= 0.6 is 0 Å². The molecular weight excluding hydrogens is 545 g/mol. The van der Waals surface area contributed by atoms with Crippen molar-refractivity contribution in [1.82, 2.24) is 10.2 Å². The third-order valence-corrected chi connectivity index (χ3v) is 6.68. The number of rotatable bonds is 8. The molecule has 4 rings (SSSR count). The zero-order chi connectivity index (χ0) is 29.3. The molecule has 0 aromatic heterocycles. The first-order valence-corrected chi connectivity index (χ1v) is 12.1. The van der Waals surface area contributed by atoms with Gasteiger partial charge in [0.15, 0.2) is 0 Å². The van der Waals surface area contributed by atoms with Gasteiger partial charge in [0.25, 0.3) is 0 Å². The summed E-state index contributed by atoms with van der Waals surface area (Å²) in [5.41, 5.74) is -3.28. The Bertz CT molecular complexity index is 1310. The summed E-state index contributed by atoms with van der Waals surface area (Å²) in [7, 11) is 1.52. The summed E-state index contributed by atoms with van der Waals surface area (Å²) in [5, 5.41) is 2.83. The average molecular weight is 571 g/mol. The SMILES string of the molecule is COc1ccc(CN2C[C@@](CO[C@H](C)c3cc(C(F)(F)F)cc(C(F)(F)F)c3)(c3ccc(F)cc3)NC2=O)cc1. The van der Waals surface area contributed by atoms with E-state index in [9.17, 15) is 35.5 Å². The van der Waals surface area contributed by atoms with E-state index in [4.69, 9.17) is 9.47 Å². The van der Waals surface area contributed by atoms with Crippen molar-refractivity contribution >= 4 is 6.03 Å². The number of hydrogen-bond donors (Lipinski definition) is 1. The molecule has 0 bridgehead atoms. The molecule has 0 radical (unpaired) electrons. The number of alkyl halides is 6. The van der Waals surface area contributed by atoms with Crippen LogP contribution in [0.25, 0.3) is 0 Å². The van der Waals surface area contributed by atoms with Crippen LogP contribution in [0.5, 0.6) is 5.75 Å².